The van der Waals surface area contributed by atoms with E-state index in [0.29, 0.717) is 0 Å². The molecule has 0 radical (unpaired) electrons. The molecule has 0 aliphatic heterocycles. The van der Waals surface area contributed by atoms with Crippen molar-refractivity contribution in [2.75, 3.05) is 0 Å². The first-order valence-electron chi connectivity index (χ1n) is 4.05. The second kappa shape index (κ2) is 4.19. The van der Waals surface area contributed by atoms with E-state index in [2.05, 4.69) is 36.8 Å². The van der Waals surface area contributed by atoms with Crippen LogP contribution in [0.1, 0.15) is 0 Å². The molecule has 0 saturated carbocycles. The highest BCUT2D eigenvalue weighted by Gasteiger charge is 2.09. The van der Waals surface area contributed by atoms with Crippen LogP contribution in [-0.4, -0.2) is 4.98 Å². The van der Waals surface area contributed by atoms with Crippen molar-refractivity contribution < 1.29 is 4.57 Å². The van der Waals surface area contributed by atoms with Crippen LogP contribution in [0.15, 0.2) is 51.9 Å². The molecule has 70 valence electrons. The van der Waals surface area contributed by atoms with Gasteiger partial charge in [0.2, 0.25) is 5.69 Å². The predicted molar refractivity (Wildman–Crippen MR) is 61.2 cm³/mol. The van der Waals surface area contributed by atoms with Gasteiger partial charge in [-0.1, -0.05) is 0 Å². The van der Waals surface area contributed by atoms with Crippen LogP contribution in [0.25, 0.3) is 5.69 Å². The quantitative estimate of drug-likeness (QED) is 0.584. The van der Waals surface area contributed by atoms with E-state index in [9.17, 15) is 0 Å². The minimum absolute atomic E-state index is 0.842. The third-order valence-electron chi connectivity index (χ3n) is 1.80. The molecule has 0 amide bonds. The highest BCUT2D eigenvalue weighted by molar-refractivity contribution is 9.10. The molecule has 0 aliphatic carbocycles. The first kappa shape index (κ1) is 9.80. The smallest absolute Gasteiger partial charge is 0.242 e. The maximum Gasteiger partial charge on any atom is 0.253 e. The molecule has 0 unspecified atom stereocenters. The fraction of sp³-hybridized carbons (Fsp3) is 0. The van der Waals surface area contributed by atoms with Crippen LogP contribution in [-0.2, 0) is 0 Å². The lowest BCUT2D eigenvalue weighted by Crippen LogP contribution is -2.31. The second-order valence-corrected chi connectivity index (χ2v) is 4.36. The molecule has 2 nitrogen and oxygen atoms in total. The molecule has 2 heterocycles. The zero-order chi connectivity index (χ0) is 9.97. The number of pyridine rings is 2. The van der Waals surface area contributed by atoms with Gasteiger partial charge in [-0.15, -0.1) is 0 Å². The summed E-state index contributed by atoms with van der Waals surface area (Å²) in [4.78, 5) is 4.17. The van der Waals surface area contributed by atoms with Crippen molar-refractivity contribution in [3.63, 3.8) is 0 Å². The molecule has 2 aromatic heterocycles. The fourth-order valence-electron chi connectivity index (χ4n) is 1.14. The average Bonchev–Trinajstić information content (AvgIpc) is 2.20. The summed E-state index contributed by atoms with van der Waals surface area (Å²) >= 11 is 6.78. The highest BCUT2D eigenvalue weighted by atomic mass is 79.9. The van der Waals surface area contributed by atoms with Crippen LogP contribution in [0.4, 0.5) is 0 Å². The lowest BCUT2D eigenvalue weighted by atomic mass is 10.4. The standard InChI is InChI=1S/C10H7Br2N2/c11-9-5-4-8(7-13-9)14-6-2-1-3-10(14)12/h1-7H/q+1. The first-order valence-corrected chi connectivity index (χ1v) is 5.64. The Bertz CT molecular complexity index is 440. The lowest BCUT2D eigenvalue weighted by molar-refractivity contribution is -0.607. The van der Waals surface area contributed by atoms with Crippen LogP contribution >= 0.6 is 31.9 Å². The summed E-state index contributed by atoms with van der Waals surface area (Å²) in [5.41, 5.74) is 1.03. The average molecular weight is 315 g/mol. The van der Waals surface area contributed by atoms with E-state index in [-0.39, 0.29) is 0 Å². The molecule has 0 N–H and O–H groups in total. The van der Waals surface area contributed by atoms with Crippen molar-refractivity contribution in [2.45, 2.75) is 0 Å². The largest absolute Gasteiger partial charge is 0.253 e. The number of aromatic nitrogens is 2. The van der Waals surface area contributed by atoms with Crippen LogP contribution in [0.3, 0.4) is 0 Å². The third kappa shape index (κ3) is 2.01. The van der Waals surface area contributed by atoms with E-state index < -0.39 is 0 Å². The van der Waals surface area contributed by atoms with Gasteiger partial charge in [0.1, 0.15) is 10.8 Å². The molecule has 0 aliphatic rings. The van der Waals surface area contributed by atoms with Crippen LogP contribution in [0, 0.1) is 0 Å². The Kier molecular flexibility index (Phi) is 2.93. The van der Waals surface area contributed by atoms with Gasteiger partial charge in [-0.25, -0.2) is 4.98 Å². The van der Waals surface area contributed by atoms with Crippen molar-refractivity contribution in [1.82, 2.24) is 4.98 Å². The number of halogens is 2. The van der Waals surface area contributed by atoms with Gasteiger partial charge in [-0.05, 0) is 28.1 Å². The maximum absolute atomic E-state index is 4.17. The van der Waals surface area contributed by atoms with E-state index in [1.165, 1.54) is 0 Å². The Morgan fingerprint density at radius 1 is 1.07 bits per heavy atom. The third-order valence-corrected chi connectivity index (χ3v) is 2.92. The Hall–Kier alpha value is -0.740. The molecule has 0 bridgehead atoms. The molecular formula is C10H7Br2N2+. The highest BCUT2D eigenvalue weighted by Crippen LogP contribution is 2.09. The van der Waals surface area contributed by atoms with Crippen LogP contribution < -0.4 is 4.57 Å². The van der Waals surface area contributed by atoms with Gasteiger partial charge in [0.25, 0.3) is 4.60 Å². The summed E-state index contributed by atoms with van der Waals surface area (Å²) in [6.07, 6.45) is 3.80. The topological polar surface area (TPSA) is 16.8 Å². The van der Waals surface area contributed by atoms with Crippen molar-refractivity contribution in [1.29, 1.82) is 0 Å². The summed E-state index contributed by atoms with van der Waals surface area (Å²) in [5.74, 6) is 0. The van der Waals surface area contributed by atoms with E-state index in [1.54, 1.807) is 0 Å². The zero-order valence-electron chi connectivity index (χ0n) is 7.19. The molecular weight excluding hydrogens is 308 g/mol. The Morgan fingerprint density at radius 3 is 2.57 bits per heavy atom. The van der Waals surface area contributed by atoms with E-state index in [0.717, 1.165) is 14.9 Å². The molecule has 0 fully saturated rings. The molecule has 0 spiro atoms. The second-order valence-electron chi connectivity index (χ2n) is 2.73. The maximum atomic E-state index is 4.17. The molecule has 0 aromatic carbocycles. The van der Waals surface area contributed by atoms with E-state index in [1.807, 2.05) is 47.3 Å². The Labute approximate surface area is 98.9 Å². The summed E-state index contributed by atoms with van der Waals surface area (Å²) < 4.78 is 3.86. The normalized spacial score (nSPS) is 10.1. The molecule has 2 aromatic rings. The molecule has 0 atom stereocenters. The predicted octanol–water partition coefficient (Wildman–Crippen LogP) is 2.88. The van der Waals surface area contributed by atoms with Gasteiger partial charge in [-0.2, -0.15) is 4.57 Å². The Balaban J connectivity index is 2.50. The fourth-order valence-corrected chi connectivity index (χ4v) is 1.85. The van der Waals surface area contributed by atoms with Gasteiger partial charge in [0.15, 0.2) is 6.20 Å². The Morgan fingerprint density at radius 2 is 1.93 bits per heavy atom. The summed E-state index contributed by atoms with van der Waals surface area (Å²) in [6, 6.07) is 9.87. The molecule has 4 heteroatoms. The monoisotopic (exact) mass is 313 g/mol. The van der Waals surface area contributed by atoms with Gasteiger partial charge >= 0.3 is 0 Å². The SMILES string of the molecule is Brc1ccc(-[n+]2ccccc2Br)cn1. The van der Waals surface area contributed by atoms with Crippen molar-refractivity contribution in [2.24, 2.45) is 0 Å². The van der Waals surface area contributed by atoms with E-state index in [4.69, 9.17) is 0 Å². The summed E-state index contributed by atoms with van der Waals surface area (Å²) in [6.45, 7) is 0. The molecule has 14 heavy (non-hydrogen) atoms. The van der Waals surface area contributed by atoms with Crippen molar-refractivity contribution in [3.05, 3.63) is 51.9 Å². The number of rotatable bonds is 1. The van der Waals surface area contributed by atoms with Crippen molar-refractivity contribution >= 4 is 31.9 Å². The van der Waals surface area contributed by atoms with Gasteiger partial charge in [0, 0.05) is 34.1 Å². The minimum atomic E-state index is 0.842. The van der Waals surface area contributed by atoms with Crippen LogP contribution in [0.5, 0.6) is 0 Å². The number of hydrogen-bond acceptors (Lipinski definition) is 1. The molecule has 0 saturated heterocycles. The number of hydrogen-bond donors (Lipinski definition) is 0. The summed E-state index contributed by atoms with van der Waals surface area (Å²) in [7, 11) is 0. The van der Waals surface area contributed by atoms with Gasteiger partial charge in [-0.3, -0.25) is 0 Å². The minimum Gasteiger partial charge on any atom is -0.242 e. The van der Waals surface area contributed by atoms with E-state index >= 15 is 0 Å². The summed E-state index contributed by atoms with van der Waals surface area (Å²) in [5, 5.41) is 0. The number of nitrogens with zero attached hydrogens (tertiary/aromatic N) is 2. The van der Waals surface area contributed by atoms with Crippen molar-refractivity contribution in [3.8, 4) is 5.69 Å². The van der Waals surface area contributed by atoms with Gasteiger partial charge in [0.05, 0.1) is 0 Å². The lowest BCUT2D eigenvalue weighted by Gasteiger charge is -1.96. The van der Waals surface area contributed by atoms with Gasteiger partial charge < -0.3 is 0 Å². The molecule has 2 rings (SSSR count). The van der Waals surface area contributed by atoms with Crippen LogP contribution in [0.2, 0.25) is 0 Å². The zero-order valence-corrected chi connectivity index (χ0v) is 10.4. The first-order chi connectivity index (χ1) is 6.77.